The van der Waals surface area contributed by atoms with Crippen molar-refractivity contribution in [3.05, 3.63) is 71.1 Å². The average molecular weight is 459 g/mol. The van der Waals surface area contributed by atoms with Gasteiger partial charge in [-0.3, -0.25) is 4.79 Å². The number of amides is 1. The Hall–Kier alpha value is -3.33. The summed E-state index contributed by atoms with van der Waals surface area (Å²) in [5.74, 6) is 0.485. The van der Waals surface area contributed by atoms with E-state index in [4.69, 9.17) is 4.98 Å². The molecule has 8 heteroatoms. The van der Waals surface area contributed by atoms with Crippen molar-refractivity contribution in [2.24, 2.45) is 0 Å². The largest absolute Gasteiger partial charge is 0.633 e. The number of anilines is 3. The van der Waals surface area contributed by atoms with Gasteiger partial charge in [0.1, 0.15) is 6.54 Å². The zero-order chi connectivity index (χ0) is 23.9. The van der Waals surface area contributed by atoms with Crippen molar-refractivity contribution in [2.75, 3.05) is 44.4 Å². The number of hydroxylamine groups is 3. The zero-order valence-corrected chi connectivity index (χ0v) is 19.9. The van der Waals surface area contributed by atoms with Crippen LogP contribution < -0.4 is 10.2 Å². The van der Waals surface area contributed by atoms with Crippen LogP contribution in [0.3, 0.4) is 0 Å². The van der Waals surface area contributed by atoms with Gasteiger partial charge in [0, 0.05) is 42.0 Å². The molecule has 2 aliphatic rings. The number of carbonyl (C=O) groups is 1. The first-order chi connectivity index (χ1) is 16.3. The van der Waals surface area contributed by atoms with Gasteiger partial charge < -0.3 is 25.0 Å². The molecular formula is C26H30N6O2. The highest BCUT2D eigenvalue weighted by molar-refractivity contribution is 6.01. The summed E-state index contributed by atoms with van der Waals surface area (Å²) in [4.78, 5) is 25.6. The van der Waals surface area contributed by atoms with Crippen LogP contribution in [0.5, 0.6) is 0 Å². The summed E-state index contributed by atoms with van der Waals surface area (Å²) in [6, 6.07) is 16.1. The molecule has 2 atom stereocenters. The molecule has 1 N–H and O–H groups in total. The lowest BCUT2D eigenvalue weighted by Crippen LogP contribution is -2.41. The maximum absolute atomic E-state index is 13.1. The quantitative estimate of drug-likeness (QED) is 0.465. The molecular weight excluding hydrogens is 428 g/mol. The molecule has 3 aromatic rings. The molecule has 8 nitrogen and oxygen atoms in total. The van der Waals surface area contributed by atoms with Crippen molar-refractivity contribution < 1.29 is 9.44 Å². The van der Waals surface area contributed by atoms with Gasteiger partial charge in [0.05, 0.1) is 36.9 Å². The van der Waals surface area contributed by atoms with E-state index in [1.165, 1.54) is 0 Å². The summed E-state index contributed by atoms with van der Waals surface area (Å²) >= 11 is 0. The Kier molecular flexibility index (Phi) is 5.81. The van der Waals surface area contributed by atoms with E-state index in [1.807, 2.05) is 62.6 Å². The molecule has 2 aromatic carbocycles. The molecule has 1 saturated heterocycles. The fraction of sp³-hybridized carbons (Fsp3) is 0.346. The number of fused-ring (bicyclic) bond motifs is 3. The number of hydrogen-bond acceptors (Lipinski definition) is 6. The topological polar surface area (TPSA) is 84.4 Å². The van der Waals surface area contributed by atoms with Crippen LogP contribution in [-0.4, -0.2) is 65.7 Å². The Morgan fingerprint density at radius 2 is 1.94 bits per heavy atom. The second-order valence-electron chi connectivity index (χ2n) is 9.56. The van der Waals surface area contributed by atoms with Gasteiger partial charge in [-0.05, 0) is 32.3 Å². The molecule has 1 fully saturated rings. The number of aromatic nitrogens is 2. The molecule has 2 aliphatic heterocycles. The summed E-state index contributed by atoms with van der Waals surface area (Å²) in [6.07, 6.45) is 2.93. The van der Waals surface area contributed by atoms with E-state index in [0.717, 1.165) is 40.2 Å². The third kappa shape index (κ3) is 4.40. The Labute approximate surface area is 200 Å². The van der Waals surface area contributed by atoms with Gasteiger partial charge in [-0.15, -0.1) is 0 Å². The molecule has 1 aromatic heterocycles. The van der Waals surface area contributed by atoms with Gasteiger partial charge in [-0.1, -0.05) is 30.3 Å². The highest BCUT2D eigenvalue weighted by atomic mass is 16.5. The van der Waals surface area contributed by atoms with Crippen molar-refractivity contribution >= 4 is 23.2 Å². The molecule has 5 rings (SSSR count). The Balaban J connectivity index is 1.34. The van der Waals surface area contributed by atoms with Crippen molar-refractivity contribution in [3.8, 4) is 11.3 Å². The SMILES string of the molecule is CN1C(=O)Cc2cnc(Nc3ccc(C[N+]4([O-])CCC(N(C)C)C4)cc3)nc2-c2ccccc21. The summed E-state index contributed by atoms with van der Waals surface area (Å²) in [5.41, 5.74) is 5.21. The predicted octanol–water partition coefficient (Wildman–Crippen LogP) is 3.55. The van der Waals surface area contributed by atoms with Crippen LogP contribution in [0, 0.1) is 5.21 Å². The van der Waals surface area contributed by atoms with Gasteiger partial charge >= 0.3 is 0 Å². The number of likely N-dealkylation sites (tertiary alicyclic amines) is 1. The van der Waals surface area contributed by atoms with Crippen molar-refractivity contribution in [2.45, 2.75) is 25.4 Å². The highest BCUT2D eigenvalue weighted by Crippen LogP contribution is 2.35. The second-order valence-corrected chi connectivity index (χ2v) is 9.56. The number of quaternary nitrogens is 1. The second kappa shape index (κ2) is 8.79. The molecule has 0 radical (unpaired) electrons. The van der Waals surface area contributed by atoms with Crippen molar-refractivity contribution in [1.29, 1.82) is 0 Å². The smallest absolute Gasteiger partial charge is 0.231 e. The number of hydrogen-bond donors (Lipinski definition) is 1. The minimum absolute atomic E-state index is 0.0137. The highest BCUT2D eigenvalue weighted by Gasteiger charge is 2.32. The van der Waals surface area contributed by atoms with Crippen LogP contribution in [0.25, 0.3) is 11.3 Å². The lowest BCUT2D eigenvalue weighted by molar-refractivity contribution is -0.882. The standard InChI is InChI=1S/C26H30N6O2/c1-30(2)21-12-13-32(34,17-21)16-18-8-10-20(11-9-18)28-26-27-15-19-14-24(33)31(3)23-7-5-4-6-22(23)25(19)29-26/h4-11,15,21H,12-14,16-17H2,1-3H3,(H,27,28,29). The molecule has 0 bridgehead atoms. The number of likely N-dealkylation sites (N-methyl/N-ethyl adjacent to an activating group) is 2. The van der Waals surface area contributed by atoms with E-state index in [9.17, 15) is 10.0 Å². The first kappa shape index (κ1) is 22.5. The lowest BCUT2D eigenvalue weighted by Gasteiger charge is -2.39. The first-order valence-corrected chi connectivity index (χ1v) is 11.6. The van der Waals surface area contributed by atoms with Crippen LogP contribution >= 0.6 is 0 Å². The van der Waals surface area contributed by atoms with E-state index in [-0.39, 0.29) is 17.0 Å². The van der Waals surface area contributed by atoms with E-state index >= 15 is 0 Å². The number of nitrogens with one attached hydrogen (secondary N) is 1. The van der Waals surface area contributed by atoms with E-state index in [1.54, 1.807) is 18.1 Å². The van der Waals surface area contributed by atoms with Crippen molar-refractivity contribution in [1.82, 2.24) is 14.9 Å². The summed E-state index contributed by atoms with van der Waals surface area (Å²) in [6.45, 7) is 1.78. The zero-order valence-electron chi connectivity index (χ0n) is 19.9. The maximum Gasteiger partial charge on any atom is 0.231 e. The molecule has 34 heavy (non-hydrogen) atoms. The minimum atomic E-state index is -0.171. The molecule has 0 aliphatic carbocycles. The van der Waals surface area contributed by atoms with Crippen LogP contribution in [-0.2, 0) is 17.8 Å². The Bertz CT molecular complexity index is 1210. The van der Waals surface area contributed by atoms with Crippen LogP contribution in [0.2, 0.25) is 0 Å². The number of carbonyl (C=O) groups excluding carboxylic acids is 1. The molecule has 3 heterocycles. The number of nitrogens with zero attached hydrogens (tertiary/aromatic N) is 5. The summed E-state index contributed by atoms with van der Waals surface area (Å²) in [7, 11) is 5.87. The van der Waals surface area contributed by atoms with Crippen LogP contribution in [0.1, 0.15) is 17.5 Å². The maximum atomic E-state index is 13.1. The van der Waals surface area contributed by atoms with E-state index < -0.39 is 0 Å². The normalized spacial score (nSPS) is 21.9. The van der Waals surface area contributed by atoms with Gasteiger partial charge in [0.15, 0.2) is 0 Å². The van der Waals surface area contributed by atoms with Gasteiger partial charge in [-0.25, -0.2) is 9.97 Å². The minimum Gasteiger partial charge on any atom is -0.633 e. The van der Waals surface area contributed by atoms with Crippen LogP contribution in [0.15, 0.2) is 54.7 Å². The molecule has 2 unspecified atom stereocenters. The first-order valence-electron chi connectivity index (χ1n) is 11.6. The third-order valence-corrected chi connectivity index (χ3v) is 6.93. The molecule has 0 spiro atoms. The molecule has 1 amide bonds. The van der Waals surface area contributed by atoms with Crippen molar-refractivity contribution in [3.63, 3.8) is 0 Å². The van der Waals surface area contributed by atoms with Gasteiger partial charge in [-0.2, -0.15) is 0 Å². The third-order valence-electron chi connectivity index (χ3n) is 6.93. The fourth-order valence-corrected chi connectivity index (χ4v) is 4.88. The monoisotopic (exact) mass is 458 g/mol. The van der Waals surface area contributed by atoms with E-state index in [0.29, 0.717) is 31.6 Å². The number of para-hydroxylation sites is 1. The number of benzene rings is 2. The molecule has 0 saturated carbocycles. The van der Waals surface area contributed by atoms with E-state index in [2.05, 4.69) is 15.2 Å². The Morgan fingerprint density at radius 1 is 1.18 bits per heavy atom. The summed E-state index contributed by atoms with van der Waals surface area (Å²) in [5, 5.41) is 16.4. The van der Waals surface area contributed by atoms with Crippen LogP contribution in [0.4, 0.5) is 17.3 Å². The molecule has 176 valence electrons. The van der Waals surface area contributed by atoms with Gasteiger partial charge in [0.25, 0.3) is 0 Å². The fourth-order valence-electron chi connectivity index (χ4n) is 4.88. The van der Waals surface area contributed by atoms with Gasteiger partial charge in [0.2, 0.25) is 11.9 Å². The lowest BCUT2D eigenvalue weighted by atomic mass is 10.1. The summed E-state index contributed by atoms with van der Waals surface area (Å²) < 4.78 is -0.171. The average Bonchev–Trinajstić information content (AvgIpc) is 3.18. The number of rotatable bonds is 5. The predicted molar refractivity (Wildman–Crippen MR) is 133 cm³/mol. The Morgan fingerprint density at radius 3 is 2.68 bits per heavy atom.